The van der Waals surface area contributed by atoms with Crippen molar-refractivity contribution < 1.29 is 0 Å². The van der Waals surface area contributed by atoms with Crippen LogP contribution in [0.1, 0.15) is 33.3 Å². The summed E-state index contributed by atoms with van der Waals surface area (Å²) in [6.45, 7) is 10.5. The number of fused-ring (bicyclic) bond motifs is 1. The quantitative estimate of drug-likeness (QED) is 0.768. The van der Waals surface area contributed by atoms with E-state index in [2.05, 4.69) is 53.3 Å². The van der Waals surface area contributed by atoms with Gasteiger partial charge in [0.2, 0.25) is 0 Å². The van der Waals surface area contributed by atoms with Crippen LogP contribution in [-0.2, 0) is 6.54 Å². The molecule has 0 radical (unpaired) electrons. The third-order valence-electron chi connectivity index (χ3n) is 2.99. The van der Waals surface area contributed by atoms with Gasteiger partial charge in [0, 0.05) is 30.9 Å². The molecule has 2 heterocycles. The van der Waals surface area contributed by atoms with E-state index >= 15 is 0 Å². The summed E-state index contributed by atoms with van der Waals surface area (Å²) in [6, 6.07) is 2.43. The Kier molecular flexibility index (Phi) is 4.17. The van der Waals surface area contributed by atoms with Crippen molar-refractivity contribution in [3.8, 4) is 0 Å². The second-order valence-corrected chi connectivity index (χ2v) is 5.98. The average Bonchev–Trinajstić information content (AvgIpc) is 2.81. The van der Waals surface area contributed by atoms with Gasteiger partial charge in [-0.25, -0.2) is 9.97 Å². The molecule has 0 amide bonds. The minimum Gasteiger partial charge on any atom is -0.343 e. The lowest BCUT2D eigenvalue weighted by molar-refractivity contribution is 0.387. The number of pyridine rings is 1. The fourth-order valence-corrected chi connectivity index (χ4v) is 1.87. The van der Waals surface area contributed by atoms with E-state index in [1.165, 1.54) is 5.56 Å². The monoisotopic (exact) mass is 261 g/mol. The number of nitrogens with zero attached hydrogens (tertiary/aromatic N) is 2. The summed E-state index contributed by atoms with van der Waals surface area (Å²) < 4.78 is 0. The molecule has 0 aliphatic rings. The third-order valence-corrected chi connectivity index (χ3v) is 2.99. The second-order valence-electron chi connectivity index (χ2n) is 5.98. The van der Waals surface area contributed by atoms with Gasteiger partial charge in [-0.05, 0) is 39.3 Å². The normalized spacial score (nSPS) is 13.9. The third kappa shape index (κ3) is 4.01. The lowest BCUT2D eigenvalue weighted by atomic mass is 10.1. The maximum absolute atomic E-state index is 4.22. The minimum absolute atomic E-state index is 0.156. The number of aromatic amines is 1. The number of H-pyrrole nitrogens is 1. The molecule has 0 aromatic carbocycles. The molecule has 2 aromatic heterocycles. The molecule has 3 N–H and O–H groups in total. The Balaban J connectivity index is 1.90. The zero-order valence-corrected chi connectivity index (χ0v) is 12.1. The van der Waals surface area contributed by atoms with Crippen LogP contribution in [0.3, 0.4) is 0 Å². The molecule has 0 aliphatic heterocycles. The SMILES string of the molecule is CC(CNC(C)(C)C)NCc1ccnc2nc[nH]c12. The Hall–Kier alpha value is -1.46. The Labute approximate surface area is 114 Å². The number of imidazole rings is 1. The predicted octanol–water partition coefficient (Wildman–Crippen LogP) is 1.82. The fourth-order valence-electron chi connectivity index (χ4n) is 1.87. The summed E-state index contributed by atoms with van der Waals surface area (Å²) in [5.74, 6) is 0. The molecule has 0 spiro atoms. The Bertz CT molecular complexity index is 526. The number of nitrogens with one attached hydrogen (secondary N) is 3. The molecule has 2 rings (SSSR count). The van der Waals surface area contributed by atoms with Crippen molar-refractivity contribution in [1.82, 2.24) is 25.6 Å². The summed E-state index contributed by atoms with van der Waals surface area (Å²) >= 11 is 0. The highest BCUT2D eigenvalue weighted by molar-refractivity contribution is 5.73. The maximum Gasteiger partial charge on any atom is 0.177 e. The first-order valence-corrected chi connectivity index (χ1v) is 6.71. The summed E-state index contributed by atoms with van der Waals surface area (Å²) in [4.78, 5) is 11.5. The van der Waals surface area contributed by atoms with Crippen LogP contribution in [0, 0.1) is 0 Å². The van der Waals surface area contributed by atoms with E-state index in [1.807, 2.05) is 6.07 Å². The van der Waals surface area contributed by atoms with Gasteiger partial charge in [-0.2, -0.15) is 0 Å². The summed E-state index contributed by atoms with van der Waals surface area (Å²) in [5, 5.41) is 7.01. The van der Waals surface area contributed by atoms with E-state index < -0.39 is 0 Å². The van der Waals surface area contributed by atoms with Crippen molar-refractivity contribution in [2.45, 2.75) is 45.8 Å². The Morgan fingerprint density at radius 3 is 2.84 bits per heavy atom. The molecule has 0 fully saturated rings. The smallest absolute Gasteiger partial charge is 0.177 e. The highest BCUT2D eigenvalue weighted by atomic mass is 15.0. The standard InChI is InChI=1S/C14H23N5/c1-10(7-19-14(2,3)4)16-8-11-5-6-15-13-12(11)17-9-18-13/h5-6,9-10,16,19H,7-8H2,1-4H3,(H,15,17,18). The first kappa shape index (κ1) is 14.0. The molecule has 5 heteroatoms. The second kappa shape index (κ2) is 5.67. The molecule has 0 bridgehead atoms. The van der Waals surface area contributed by atoms with Crippen LogP contribution in [0.15, 0.2) is 18.6 Å². The summed E-state index contributed by atoms with van der Waals surface area (Å²) in [5.41, 5.74) is 3.15. The summed E-state index contributed by atoms with van der Waals surface area (Å²) in [6.07, 6.45) is 3.49. The topological polar surface area (TPSA) is 65.6 Å². The van der Waals surface area contributed by atoms with Gasteiger partial charge >= 0.3 is 0 Å². The lowest BCUT2D eigenvalue weighted by Crippen LogP contribution is -2.44. The van der Waals surface area contributed by atoms with Gasteiger partial charge in [0.15, 0.2) is 5.65 Å². The van der Waals surface area contributed by atoms with E-state index in [1.54, 1.807) is 12.5 Å². The largest absolute Gasteiger partial charge is 0.343 e. The van der Waals surface area contributed by atoms with Gasteiger partial charge in [-0.1, -0.05) is 0 Å². The first-order chi connectivity index (χ1) is 8.96. The zero-order valence-electron chi connectivity index (χ0n) is 12.1. The first-order valence-electron chi connectivity index (χ1n) is 6.71. The summed E-state index contributed by atoms with van der Waals surface area (Å²) in [7, 11) is 0. The van der Waals surface area contributed by atoms with Gasteiger partial charge in [0.25, 0.3) is 0 Å². The van der Waals surface area contributed by atoms with Crippen LogP contribution in [-0.4, -0.2) is 33.1 Å². The van der Waals surface area contributed by atoms with Crippen molar-refractivity contribution in [1.29, 1.82) is 0 Å². The zero-order chi connectivity index (χ0) is 13.9. The van der Waals surface area contributed by atoms with Crippen LogP contribution < -0.4 is 10.6 Å². The van der Waals surface area contributed by atoms with E-state index in [-0.39, 0.29) is 5.54 Å². The molecule has 2 aromatic rings. The Morgan fingerprint density at radius 2 is 2.11 bits per heavy atom. The van der Waals surface area contributed by atoms with Crippen molar-refractivity contribution in [2.24, 2.45) is 0 Å². The highest BCUT2D eigenvalue weighted by Crippen LogP contribution is 2.11. The molecule has 1 unspecified atom stereocenters. The van der Waals surface area contributed by atoms with Crippen molar-refractivity contribution >= 4 is 11.2 Å². The number of hydrogen-bond acceptors (Lipinski definition) is 4. The van der Waals surface area contributed by atoms with Crippen molar-refractivity contribution in [3.05, 3.63) is 24.2 Å². The molecule has 19 heavy (non-hydrogen) atoms. The van der Waals surface area contributed by atoms with Gasteiger partial charge in [0.1, 0.15) is 0 Å². The lowest BCUT2D eigenvalue weighted by Gasteiger charge is -2.24. The van der Waals surface area contributed by atoms with Gasteiger partial charge in [-0.15, -0.1) is 0 Å². The van der Waals surface area contributed by atoms with E-state index in [9.17, 15) is 0 Å². The van der Waals surface area contributed by atoms with Crippen LogP contribution in [0.2, 0.25) is 0 Å². The molecular formula is C14H23N5. The van der Waals surface area contributed by atoms with Crippen LogP contribution >= 0.6 is 0 Å². The molecule has 104 valence electrons. The van der Waals surface area contributed by atoms with E-state index in [0.29, 0.717) is 6.04 Å². The van der Waals surface area contributed by atoms with Gasteiger partial charge in [0.05, 0.1) is 11.8 Å². The highest BCUT2D eigenvalue weighted by Gasteiger charge is 2.11. The van der Waals surface area contributed by atoms with Crippen molar-refractivity contribution in [2.75, 3.05) is 6.54 Å². The molecule has 0 saturated heterocycles. The molecule has 1 atom stereocenters. The van der Waals surface area contributed by atoms with E-state index in [0.717, 1.165) is 24.3 Å². The van der Waals surface area contributed by atoms with Gasteiger partial charge < -0.3 is 15.6 Å². The van der Waals surface area contributed by atoms with Crippen LogP contribution in [0.5, 0.6) is 0 Å². The fraction of sp³-hybridized carbons (Fsp3) is 0.571. The molecule has 0 aliphatic carbocycles. The maximum atomic E-state index is 4.22. The van der Waals surface area contributed by atoms with Gasteiger partial charge in [-0.3, -0.25) is 0 Å². The van der Waals surface area contributed by atoms with Crippen LogP contribution in [0.25, 0.3) is 11.2 Å². The van der Waals surface area contributed by atoms with E-state index in [4.69, 9.17) is 0 Å². The number of rotatable bonds is 5. The minimum atomic E-state index is 0.156. The molecular weight excluding hydrogens is 238 g/mol. The van der Waals surface area contributed by atoms with Crippen LogP contribution in [0.4, 0.5) is 0 Å². The number of hydrogen-bond donors (Lipinski definition) is 3. The molecule has 0 saturated carbocycles. The Morgan fingerprint density at radius 1 is 1.32 bits per heavy atom. The molecule has 5 nitrogen and oxygen atoms in total. The average molecular weight is 261 g/mol. The number of aromatic nitrogens is 3. The van der Waals surface area contributed by atoms with Crippen molar-refractivity contribution in [3.63, 3.8) is 0 Å². The predicted molar refractivity (Wildman–Crippen MR) is 77.9 cm³/mol.